The van der Waals surface area contributed by atoms with E-state index in [-0.39, 0.29) is 11.6 Å². The molecule has 6 heteroatoms. The summed E-state index contributed by atoms with van der Waals surface area (Å²) in [6.07, 6.45) is 3.75. The quantitative estimate of drug-likeness (QED) is 0.372. The zero-order chi connectivity index (χ0) is 19.4. The van der Waals surface area contributed by atoms with Crippen molar-refractivity contribution in [1.29, 1.82) is 0 Å². The SMILES string of the molecule is CCc1cc(F)ccc1N.CN/C=C(/OC)C(=O)N=Cc1ccccc1. The van der Waals surface area contributed by atoms with E-state index in [1.165, 1.54) is 31.7 Å². The van der Waals surface area contributed by atoms with E-state index in [4.69, 9.17) is 10.5 Å². The first-order valence-electron chi connectivity index (χ1n) is 8.10. The number of nitrogens with zero attached hydrogens (tertiary/aromatic N) is 1. The molecule has 138 valence electrons. The number of amides is 1. The molecule has 0 fully saturated rings. The molecule has 3 N–H and O–H groups in total. The molecule has 0 aromatic heterocycles. The maximum absolute atomic E-state index is 12.5. The molecule has 2 aromatic carbocycles. The van der Waals surface area contributed by atoms with Crippen LogP contribution in [0.25, 0.3) is 0 Å². The third-order valence-electron chi connectivity index (χ3n) is 3.32. The summed E-state index contributed by atoms with van der Waals surface area (Å²) in [7, 11) is 3.12. The second kappa shape index (κ2) is 11.4. The predicted molar refractivity (Wildman–Crippen MR) is 103 cm³/mol. The maximum atomic E-state index is 12.5. The number of aryl methyl sites for hydroxylation is 1. The molecule has 0 aliphatic heterocycles. The Morgan fingerprint density at radius 3 is 2.50 bits per heavy atom. The Morgan fingerprint density at radius 1 is 1.27 bits per heavy atom. The molecular weight excluding hydrogens is 333 g/mol. The number of methoxy groups -OCH3 is 1. The summed E-state index contributed by atoms with van der Waals surface area (Å²) >= 11 is 0. The van der Waals surface area contributed by atoms with Gasteiger partial charge in [0.15, 0.2) is 0 Å². The highest BCUT2D eigenvalue weighted by Crippen LogP contribution is 2.12. The van der Waals surface area contributed by atoms with Crippen LogP contribution in [-0.4, -0.2) is 26.3 Å². The van der Waals surface area contributed by atoms with Crippen molar-refractivity contribution in [2.75, 3.05) is 19.9 Å². The van der Waals surface area contributed by atoms with Gasteiger partial charge in [-0.15, -0.1) is 0 Å². The van der Waals surface area contributed by atoms with Crippen LogP contribution in [0.1, 0.15) is 18.1 Å². The van der Waals surface area contributed by atoms with Gasteiger partial charge in [0.25, 0.3) is 0 Å². The van der Waals surface area contributed by atoms with E-state index >= 15 is 0 Å². The van der Waals surface area contributed by atoms with Crippen LogP contribution < -0.4 is 11.1 Å². The standard InChI is InChI=1S/C12H14N2O2.C8H10FN/c1-13-9-11(16-2)12(15)14-8-10-6-4-3-5-7-10;1-2-6-5-7(9)3-4-8(6)10/h3-9,13H,1-2H3;3-5H,2,10H2,1H3/b11-9+,14-8?;. The van der Waals surface area contributed by atoms with Crippen LogP contribution in [0.4, 0.5) is 10.1 Å². The van der Waals surface area contributed by atoms with Gasteiger partial charge in [-0.25, -0.2) is 9.38 Å². The summed E-state index contributed by atoms with van der Waals surface area (Å²) < 4.78 is 17.4. The molecule has 26 heavy (non-hydrogen) atoms. The number of aliphatic imine (C=N–C) groups is 1. The first-order valence-corrected chi connectivity index (χ1v) is 8.10. The Bertz CT molecular complexity index is 759. The largest absolute Gasteiger partial charge is 0.490 e. The van der Waals surface area contributed by atoms with E-state index < -0.39 is 5.91 Å². The number of anilines is 1. The van der Waals surface area contributed by atoms with E-state index in [1.54, 1.807) is 13.1 Å². The number of rotatable bonds is 5. The fourth-order valence-corrected chi connectivity index (χ4v) is 1.96. The molecule has 0 bridgehead atoms. The van der Waals surface area contributed by atoms with Gasteiger partial charge in [0.2, 0.25) is 5.76 Å². The van der Waals surface area contributed by atoms with Crippen LogP contribution in [0.15, 0.2) is 65.5 Å². The Hall–Kier alpha value is -3.15. The van der Waals surface area contributed by atoms with Gasteiger partial charge in [-0.3, -0.25) is 4.79 Å². The van der Waals surface area contributed by atoms with Gasteiger partial charge < -0.3 is 15.8 Å². The molecule has 0 spiro atoms. The summed E-state index contributed by atoms with van der Waals surface area (Å²) in [5.74, 6) is -0.457. The number of carbonyl (C=O) groups excluding carboxylic acids is 1. The van der Waals surface area contributed by atoms with Crippen LogP contribution in [0.3, 0.4) is 0 Å². The van der Waals surface area contributed by atoms with Gasteiger partial charge in [-0.05, 0) is 35.7 Å². The normalized spacial score (nSPS) is 10.8. The molecule has 2 rings (SSSR count). The lowest BCUT2D eigenvalue weighted by atomic mass is 10.1. The van der Waals surface area contributed by atoms with Crippen LogP contribution in [0.5, 0.6) is 0 Å². The molecule has 5 nitrogen and oxygen atoms in total. The van der Waals surface area contributed by atoms with E-state index in [0.717, 1.165) is 17.5 Å². The summed E-state index contributed by atoms with van der Waals surface area (Å²) in [6, 6.07) is 13.8. The molecule has 1 amide bonds. The molecule has 0 radical (unpaired) electrons. The average Bonchev–Trinajstić information content (AvgIpc) is 2.67. The van der Waals surface area contributed by atoms with E-state index in [0.29, 0.717) is 5.69 Å². The number of nitrogens with two attached hydrogens (primary N) is 1. The minimum atomic E-state index is -0.416. The molecule has 0 aliphatic carbocycles. The molecule has 0 atom stereocenters. The average molecular weight is 357 g/mol. The third-order valence-corrected chi connectivity index (χ3v) is 3.32. The minimum absolute atomic E-state index is 0.176. The molecule has 0 heterocycles. The van der Waals surface area contributed by atoms with Crippen LogP contribution in [-0.2, 0) is 16.0 Å². The lowest BCUT2D eigenvalue weighted by Crippen LogP contribution is -2.06. The molecule has 0 unspecified atom stereocenters. The first-order chi connectivity index (χ1) is 12.5. The van der Waals surface area contributed by atoms with Gasteiger partial charge in [-0.1, -0.05) is 37.3 Å². The Balaban J connectivity index is 0.000000289. The van der Waals surface area contributed by atoms with Crippen LogP contribution in [0, 0.1) is 5.82 Å². The Kier molecular flexibility index (Phi) is 9.17. The number of nitrogens with one attached hydrogen (secondary N) is 1. The summed E-state index contributed by atoms with van der Waals surface area (Å²) in [4.78, 5) is 15.3. The Morgan fingerprint density at radius 2 is 1.96 bits per heavy atom. The topological polar surface area (TPSA) is 76.7 Å². The van der Waals surface area contributed by atoms with Gasteiger partial charge >= 0.3 is 5.91 Å². The minimum Gasteiger partial charge on any atom is -0.490 e. The number of carbonyl (C=O) groups is 1. The maximum Gasteiger partial charge on any atom is 0.313 e. The zero-order valence-corrected chi connectivity index (χ0v) is 15.2. The van der Waals surface area contributed by atoms with Gasteiger partial charge in [0, 0.05) is 25.1 Å². The number of benzene rings is 2. The second-order valence-electron chi connectivity index (χ2n) is 5.17. The second-order valence-corrected chi connectivity index (χ2v) is 5.17. The van der Waals surface area contributed by atoms with Crippen molar-refractivity contribution in [3.8, 4) is 0 Å². The zero-order valence-electron chi connectivity index (χ0n) is 15.2. The van der Waals surface area contributed by atoms with Crippen molar-refractivity contribution in [3.05, 3.63) is 77.4 Å². The van der Waals surface area contributed by atoms with Crippen molar-refractivity contribution in [2.24, 2.45) is 4.99 Å². The highest BCUT2D eigenvalue weighted by Gasteiger charge is 2.06. The van der Waals surface area contributed by atoms with Gasteiger partial charge in [0.05, 0.1) is 7.11 Å². The third kappa shape index (κ3) is 7.17. The summed E-state index contributed by atoms with van der Waals surface area (Å²) in [5.41, 5.74) is 7.95. The van der Waals surface area contributed by atoms with Gasteiger partial charge in [-0.2, -0.15) is 0 Å². The lowest BCUT2D eigenvalue weighted by molar-refractivity contribution is -0.117. The smallest absolute Gasteiger partial charge is 0.313 e. The number of ether oxygens (including phenoxy) is 1. The lowest BCUT2D eigenvalue weighted by Gasteiger charge is -2.00. The number of hydrogen-bond acceptors (Lipinski definition) is 4. The van der Waals surface area contributed by atoms with E-state index in [2.05, 4.69) is 10.3 Å². The highest BCUT2D eigenvalue weighted by molar-refractivity contribution is 5.99. The predicted octanol–water partition coefficient (Wildman–Crippen LogP) is 3.31. The van der Waals surface area contributed by atoms with Crippen molar-refractivity contribution in [3.63, 3.8) is 0 Å². The number of halogens is 1. The highest BCUT2D eigenvalue weighted by atomic mass is 19.1. The molecule has 0 saturated carbocycles. The Labute approximate surface area is 153 Å². The van der Waals surface area contributed by atoms with Crippen molar-refractivity contribution in [2.45, 2.75) is 13.3 Å². The molecule has 0 saturated heterocycles. The molecule has 0 aliphatic rings. The number of hydrogen-bond donors (Lipinski definition) is 2. The van der Waals surface area contributed by atoms with Crippen LogP contribution in [0.2, 0.25) is 0 Å². The fourth-order valence-electron chi connectivity index (χ4n) is 1.96. The number of nitrogen functional groups attached to an aromatic ring is 1. The fraction of sp³-hybridized carbons (Fsp3) is 0.200. The van der Waals surface area contributed by atoms with Crippen molar-refractivity contribution < 1.29 is 13.9 Å². The molecule has 2 aromatic rings. The summed E-state index contributed by atoms with van der Waals surface area (Å²) in [5, 5.41) is 2.72. The molecular formula is C20H24FN3O2. The van der Waals surface area contributed by atoms with E-state index in [1.807, 2.05) is 37.3 Å². The van der Waals surface area contributed by atoms with Crippen LogP contribution >= 0.6 is 0 Å². The monoisotopic (exact) mass is 357 g/mol. The van der Waals surface area contributed by atoms with Crippen molar-refractivity contribution in [1.82, 2.24) is 5.32 Å². The van der Waals surface area contributed by atoms with Crippen molar-refractivity contribution >= 4 is 17.8 Å². The van der Waals surface area contributed by atoms with E-state index in [9.17, 15) is 9.18 Å². The van der Waals surface area contributed by atoms with Gasteiger partial charge in [0.1, 0.15) is 5.82 Å². The first kappa shape index (κ1) is 20.9. The summed E-state index contributed by atoms with van der Waals surface area (Å²) in [6.45, 7) is 1.95.